The Morgan fingerprint density at radius 3 is 1.84 bits per heavy atom. The van der Waals surface area contributed by atoms with Crippen LogP contribution in [0.4, 0.5) is 17.2 Å². The van der Waals surface area contributed by atoms with Crippen molar-refractivity contribution in [2.75, 3.05) is 88.1 Å². The van der Waals surface area contributed by atoms with Crippen LogP contribution in [0.15, 0.2) is 91.1 Å². The quantitative estimate of drug-likeness (QED) is 0.0529. The topological polar surface area (TPSA) is 135 Å². The van der Waals surface area contributed by atoms with Gasteiger partial charge in [-0.05, 0) is 142 Å². The maximum atomic E-state index is 14.0. The number of ketones is 2. The molecule has 6 rings (SSSR count). The first-order valence-electron chi connectivity index (χ1n) is 22.6. The largest absolute Gasteiger partial charge is 0.370 e. The van der Waals surface area contributed by atoms with E-state index in [4.69, 9.17) is 5.73 Å². The van der Waals surface area contributed by atoms with Gasteiger partial charge in [0.1, 0.15) is 5.82 Å². The minimum Gasteiger partial charge on any atom is -0.370 e. The maximum absolute atomic E-state index is 14.0. The molecule has 4 aromatic carbocycles. The Labute approximate surface area is 373 Å². The molecule has 63 heavy (non-hydrogen) atoms. The van der Waals surface area contributed by atoms with Crippen molar-refractivity contribution < 1.29 is 19.2 Å². The lowest BCUT2D eigenvalue weighted by molar-refractivity contribution is -0.131. The standard InChI is InChI=1S/C51H66N8O4/c1-37-11-6-7-24-57(37)27-10-28-58(50(62)35-55(4)47-18-16-43-30-41(38(2)60)12-14-45(43)32-47)26-9-22-53-49-29-40(20-23-54-49)34-59(25-8-21-52)51(63)36-56(5)48-19-17-44-31-42(39(3)61)13-15-46(44)33-48/h12-20,23,29-33,37H,6-11,21-22,24-28,34-36,52H2,1-5H3,(H,53,54). The summed E-state index contributed by atoms with van der Waals surface area (Å²) in [5, 5.41) is 7.49. The predicted molar refractivity (Wildman–Crippen MR) is 257 cm³/mol. The summed E-state index contributed by atoms with van der Waals surface area (Å²) >= 11 is 0. The zero-order valence-corrected chi connectivity index (χ0v) is 37.9. The van der Waals surface area contributed by atoms with E-state index < -0.39 is 0 Å². The lowest BCUT2D eigenvalue weighted by atomic mass is 10.0. The van der Waals surface area contributed by atoms with Gasteiger partial charge in [0.15, 0.2) is 11.6 Å². The van der Waals surface area contributed by atoms with Crippen molar-refractivity contribution in [3.63, 3.8) is 0 Å². The Hall–Kier alpha value is -5.85. The van der Waals surface area contributed by atoms with Crippen LogP contribution in [0, 0.1) is 0 Å². The van der Waals surface area contributed by atoms with Gasteiger partial charge in [-0.25, -0.2) is 4.98 Å². The number of hydrogen-bond acceptors (Lipinski definition) is 10. The number of pyridine rings is 1. The zero-order valence-electron chi connectivity index (χ0n) is 37.9. The van der Waals surface area contributed by atoms with Crippen LogP contribution in [-0.4, -0.2) is 122 Å². The third-order valence-corrected chi connectivity index (χ3v) is 12.3. The third kappa shape index (κ3) is 13.1. The van der Waals surface area contributed by atoms with E-state index in [0.717, 1.165) is 70.2 Å². The SMILES string of the molecule is CC(=O)c1ccc2cc(N(C)CC(=O)N(CCCNc3cc(CN(CCCN)C(=O)CN(C)c4ccc5cc(C(C)=O)ccc5c4)ccn3)CCCN3CCCCC3C)ccc2c1. The molecule has 1 aliphatic heterocycles. The Morgan fingerprint density at radius 2 is 1.25 bits per heavy atom. The molecule has 3 N–H and O–H groups in total. The van der Waals surface area contributed by atoms with E-state index in [2.05, 4.69) is 28.2 Å². The fraction of sp³-hybridized carbons (Fsp3) is 0.431. The van der Waals surface area contributed by atoms with Crippen molar-refractivity contribution in [1.29, 1.82) is 0 Å². The lowest BCUT2D eigenvalue weighted by Crippen LogP contribution is -2.43. The van der Waals surface area contributed by atoms with Crippen LogP contribution in [0.3, 0.4) is 0 Å². The Bertz CT molecular complexity index is 2370. The molecule has 0 radical (unpaired) electrons. The monoisotopic (exact) mass is 855 g/mol. The summed E-state index contributed by atoms with van der Waals surface area (Å²) in [6.45, 7) is 11.4. The number of hydrogen-bond donors (Lipinski definition) is 2. The molecule has 1 fully saturated rings. The van der Waals surface area contributed by atoms with Crippen molar-refractivity contribution in [3.8, 4) is 0 Å². The number of amides is 2. The van der Waals surface area contributed by atoms with Gasteiger partial charge >= 0.3 is 0 Å². The van der Waals surface area contributed by atoms with Crippen molar-refractivity contribution in [2.24, 2.45) is 5.73 Å². The van der Waals surface area contributed by atoms with Crippen molar-refractivity contribution >= 4 is 62.1 Å². The summed E-state index contributed by atoms with van der Waals surface area (Å²) in [7, 11) is 3.87. The summed E-state index contributed by atoms with van der Waals surface area (Å²) in [5.41, 5.74) is 10.1. The van der Waals surface area contributed by atoms with E-state index in [1.54, 1.807) is 20.0 Å². The van der Waals surface area contributed by atoms with Crippen molar-refractivity contribution in [3.05, 3.63) is 108 Å². The van der Waals surface area contributed by atoms with Crippen LogP contribution >= 0.6 is 0 Å². The first kappa shape index (κ1) is 46.6. The number of rotatable bonds is 22. The Balaban J connectivity index is 1.05. The number of likely N-dealkylation sites (tertiary alicyclic amines) is 1. The van der Waals surface area contributed by atoms with Crippen molar-refractivity contribution in [1.82, 2.24) is 19.7 Å². The van der Waals surface area contributed by atoms with E-state index in [-0.39, 0.29) is 36.5 Å². The van der Waals surface area contributed by atoms with Gasteiger partial charge in [0, 0.05) is 88.1 Å². The highest BCUT2D eigenvalue weighted by atomic mass is 16.2. The van der Waals surface area contributed by atoms with Gasteiger partial charge in [-0.3, -0.25) is 19.2 Å². The first-order valence-corrected chi connectivity index (χ1v) is 22.6. The molecule has 12 nitrogen and oxygen atoms in total. The Kier molecular flexibility index (Phi) is 16.6. The molecule has 12 heteroatoms. The maximum Gasteiger partial charge on any atom is 0.242 e. The predicted octanol–water partition coefficient (Wildman–Crippen LogP) is 7.64. The van der Waals surface area contributed by atoms with Crippen LogP contribution in [0.1, 0.15) is 85.6 Å². The number of carbonyl (C=O) groups is 4. The van der Waals surface area contributed by atoms with E-state index >= 15 is 0 Å². The highest BCUT2D eigenvalue weighted by Crippen LogP contribution is 2.25. The van der Waals surface area contributed by atoms with Gasteiger partial charge in [0.05, 0.1) is 13.1 Å². The van der Waals surface area contributed by atoms with Crippen LogP contribution < -0.4 is 20.9 Å². The molecule has 1 aromatic heterocycles. The molecule has 1 atom stereocenters. The van der Waals surface area contributed by atoms with Gasteiger partial charge in [-0.2, -0.15) is 0 Å². The molecule has 0 aliphatic carbocycles. The summed E-state index contributed by atoms with van der Waals surface area (Å²) < 4.78 is 0. The minimum atomic E-state index is -0.00156. The molecular weight excluding hydrogens is 789 g/mol. The molecule has 0 spiro atoms. The number of aromatic nitrogens is 1. The van der Waals surface area contributed by atoms with E-state index in [1.807, 2.05) is 113 Å². The third-order valence-electron chi connectivity index (χ3n) is 12.3. The average molecular weight is 855 g/mol. The van der Waals surface area contributed by atoms with Crippen LogP contribution in [-0.2, 0) is 16.1 Å². The minimum absolute atomic E-state index is 0.00156. The van der Waals surface area contributed by atoms with Gasteiger partial charge in [0.25, 0.3) is 0 Å². The summed E-state index contributed by atoms with van der Waals surface area (Å²) in [5.74, 6) is 0.886. The number of anilines is 3. The smallest absolute Gasteiger partial charge is 0.242 e. The number of Topliss-reactive ketones (excluding diaryl/α,β-unsaturated/α-hetero) is 2. The number of fused-ring (bicyclic) bond motifs is 2. The van der Waals surface area contributed by atoms with E-state index in [1.165, 1.54) is 19.3 Å². The molecule has 0 bridgehead atoms. The van der Waals surface area contributed by atoms with Gasteiger partial charge in [-0.1, -0.05) is 42.8 Å². The molecular formula is C51H66N8O4. The molecule has 1 unspecified atom stereocenters. The first-order chi connectivity index (χ1) is 30.4. The molecule has 334 valence electrons. The fourth-order valence-electron chi connectivity index (χ4n) is 8.43. The summed E-state index contributed by atoms with van der Waals surface area (Å²) in [4.78, 5) is 66.5. The van der Waals surface area contributed by atoms with E-state index in [9.17, 15) is 19.2 Å². The number of carbonyl (C=O) groups excluding carboxylic acids is 4. The second kappa shape index (κ2) is 22.5. The molecule has 1 aliphatic rings. The van der Waals surface area contributed by atoms with Crippen LogP contribution in [0.5, 0.6) is 0 Å². The molecule has 5 aromatic rings. The number of nitrogens with zero attached hydrogens (tertiary/aromatic N) is 6. The highest BCUT2D eigenvalue weighted by Gasteiger charge is 2.21. The fourth-order valence-corrected chi connectivity index (χ4v) is 8.43. The molecule has 0 saturated carbocycles. The van der Waals surface area contributed by atoms with Crippen LogP contribution in [0.2, 0.25) is 0 Å². The lowest BCUT2D eigenvalue weighted by Gasteiger charge is -2.34. The van der Waals surface area contributed by atoms with Gasteiger partial charge in [-0.15, -0.1) is 0 Å². The van der Waals surface area contributed by atoms with Gasteiger partial charge < -0.3 is 35.6 Å². The number of benzene rings is 4. The second-order valence-electron chi connectivity index (χ2n) is 17.2. The normalized spacial score (nSPS) is 14.1. The number of piperidine rings is 1. The summed E-state index contributed by atoms with van der Waals surface area (Å²) in [6, 6.07) is 28.0. The number of nitrogens with one attached hydrogen (secondary N) is 1. The second-order valence-corrected chi connectivity index (χ2v) is 17.2. The molecule has 1 saturated heterocycles. The van der Waals surface area contributed by atoms with Crippen LogP contribution in [0.25, 0.3) is 21.5 Å². The van der Waals surface area contributed by atoms with Crippen molar-refractivity contribution in [2.45, 2.75) is 71.9 Å². The molecule has 2 heterocycles. The molecule has 2 amide bonds. The number of likely N-dealkylation sites (N-methyl/N-ethyl adjacent to an activating group) is 2. The Morgan fingerprint density at radius 1 is 0.698 bits per heavy atom. The summed E-state index contributed by atoms with van der Waals surface area (Å²) in [6.07, 6.45) is 7.87. The average Bonchev–Trinajstić information content (AvgIpc) is 3.28. The van der Waals surface area contributed by atoms with Gasteiger partial charge in [0.2, 0.25) is 11.8 Å². The van der Waals surface area contributed by atoms with E-state index in [0.29, 0.717) is 62.9 Å². The zero-order chi connectivity index (χ0) is 44.9. The highest BCUT2D eigenvalue weighted by molar-refractivity contribution is 6.00. The number of nitrogens with two attached hydrogens (primary N) is 1.